The van der Waals surface area contributed by atoms with Crippen LogP contribution in [0.3, 0.4) is 0 Å². The molecular weight excluding hydrogens is 403 g/mol. The molecule has 2 atom stereocenters. The van der Waals surface area contributed by atoms with Gasteiger partial charge in [0.1, 0.15) is 5.82 Å². The third-order valence-corrected chi connectivity index (χ3v) is 7.29. The molecule has 2 aromatic carbocycles. The zero-order chi connectivity index (χ0) is 21.1. The summed E-state index contributed by atoms with van der Waals surface area (Å²) < 4.78 is 42.7. The van der Waals surface area contributed by atoms with Crippen LogP contribution in [-0.2, 0) is 23.6 Å². The number of sulfonamides is 1. The first-order valence-corrected chi connectivity index (χ1v) is 11.4. The number of hydrogen-bond donors (Lipinski definition) is 1. The van der Waals surface area contributed by atoms with E-state index in [9.17, 15) is 12.8 Å². The van der Waals surface area contributed by atoms with Crippen LogP contribution in [-0.4, -0.2) is 41.9 Å². The molecule has 1 saturated heterocycles. The van der Waals surface area contributed by atoms with Crippen molar-refractivity contribution in [3.8, 4) is 0 Å². The molecule has 6 nitrogen and oxygen atoms in total. The summed E-state index contributed by atoms with van der Waals surface area (Å²) in [7, 11) is -1.93. The van der Waals surface area contributed by atoms with E-state index < -0.39 is 10.0 Å². The molecule has 30 heavy (non-hydrogen) atoms. The van der Waals surface area contributed by atoms with E-state index in [1.165, 1.54) is 34.5 Å². The third-order valence-electron chi connectivity index (χ3n) is 5.57. The van der Waals surface area contributed by atoms with E-state index in [-0.39, 0.29) is 22.7 Å². The summed E-state index contributed by atoms with van der Waals surface area (Å²) in [5.41, 5.74) is 2.12. The summed E-state index contributed by atoms with van der Waals surface area (Å²) >= 11 is 0. The lowest BCUT2D eigenvalue weighted by Gasteiger charge is -2.19. The van der Waals surface area contributed by atoms with Gasteiger partial charge in [-0.25, -0.2) is 17.8 Å². The van der Waals surface area contributed by atoms with E-state index in [0.29, 0.717) is 26.2 Å². The van der Waals surface area contributed by atoms with E-state index in [4.69, 9.17) is 0 Å². The number of aromatic nitrogens is 2. The van der Waals surface area contributed by atoms with Crippen LogP contribution in [0.15, 0.2) is 72.1 Å². The summed E-state index contributed by atoms with van der Waals surface area (Å²) in [4.78, 5) is 4.04. The van der Waals surface area contributed by atoms with Crippen molar-refractivity contribution >= 4 is 10.0 Å². The van der Waals surface area contributed by atoms with Crippen molar-refractivity contribution < 1.29 is 12.8 Å². The number of nitrogens with one attached hydrogen (secondary N) is 1. The molecule has 0 spiro atoms. The van der Waals surface area contributed by atoms with Gasteiger partial charge < -0.3 is 9.88 Å². The van der Waals surface area contributed by atoms with Crippen molar-refractivity contribution in [2.75, 3.05) is 19.6 Å². The molecule has 8 heteroatoms. The van der Waals surface area contributed by atoms with Gasteiger partial charge in [-0.05, 0) is 29.2 Å². The van der Waals surface area contributed by atoms with E-state index >= 15 is 0 Å². The Morgan fingerprint density at radius 2 is 1.83 bits per heavy atom. The highest BCUT2D eigenvalue weighted by atomic mass is 32.2. The molecule has 0 saturated carbocycles. The number of benzene rings is 2. The molecule has 0 aliphatic carbocycles. The normalized spacial score (nSPS) is 19.9. The minimum absolute atomic E-state index is 0.0210. The van der Waals surface area contributed by atoms with Crippen LogP contribution in [0.5, 0.6) is 0 Å². The highest BCUT2D eigenvalue weighted by Crippen LogP contribution is 2.35. The number of aryl methyl sites for hydroxylation is 1. The number of hydrogen-bond acceptors (Lipinski definition) is 4. The van der Waals surface area contributed by atoms with Gasteiger partial charge in [-0.3, -0.25) is 0 Å². The predicted octanol–water partition coefficient (Wildman–Crippen LogP) is 2.75. The Morgan fingerprint density at radius 3 is 2.50 bits per heavy atom. The Labute approximate surface area is 176 Å². The van der Waals surface area contributed by atoms with Crippen LogP contribution in [0.25, 0.3) is 0 Å². The van der Waals surface area contributed by atoms with E-state index in [1.54, 1.807) is 23.7 Å². The van der Waals surface area contributed by atoms with Gasteiger partial charge in [0.25, 0.3) is 10.0 Å². The molecule has 0 amide bonds. The summed E-state index contributed by atoms with van der Waals surface area (Å²) in [6.45, 7) is 2.11. The van der Waals surface area contributed by atoms with Crippen LogP contribution in [0, 0.1) is 11.7 Å². The monoisotopic (exact) mass is 428 g/mol. The Hall–Kier alpha value is -2.55. The van der Waals surface area contributed by atoms with Gasteiger partial charge >= 0.3 is 0 Å². The van der Waals surface area contributed by atoms with Crippen molar-refractivity contribution in [3.63, 3.8) is 0 Å². The quantitative estimate of drug-likeness (QED) is 0.628. The van der Waals surface area contributed by atoms with Crippen molar-refractivity contribution in [3.05, 3.63) is 84.1 Å². The molecule has 0 radical (unpaired) electrons. The highest BCUT2D eigenvalue weighted by Gasteiger charge is 2.40. The molecule has 1 fully saturated rings. The highest BCUT2D eigenvalue weighted by molar-refractivity contribution is 7.89. The zero-order valence-electron chi connectivity index (χ0n) is 16.8. The second kappa shape index (κ2) is 8.67. The average molecular weight is 429 g/mol. The molecule has 1 aliphatic rings. The fourth-order valence-electron chi connectivity index (χ4n) is 3.97. The number of rotatable bonds is 7. The lowest BCUT2D eigenvalue weighted by molar-refractivity contribution is 0.438. The smallest absolute Gasteiger partial charge is 0.262 e. The van der Waals surface area contributed by atoms with Gasteiger partial charge in [-0.15, -0.1) is 0 Å². The summed E-state index contributed by atoms with van der Waals surface area (Å²) in [6, 6.07) is 16.4. The molecule has 2 unspecified atom stereocenters. The maximum atomic E-state index is 13.4. The van der Waals surface area contributed by atoms with Gasteiger partial charge in [0.05, 0.1) is 6.33 Å². The van der Waals surface area contributed by atoms with Crippen LogP contribution < -0.4 is 5.32 Å². The molecular formula is C22H25FN4O2S. The molecule has 0 bridgehead atoms. The maximum Gasteiger partial charge on any atom is 0.262 e. The van der Waals surface area contributed by atoms with Crippen molar-refractivity contribution in [2.24, 2.45) is 13.0 Å². The van der Waals surface area contributed by atoms with Crippen LogP contribution in [0.1, 0.15) is 17.0 Å². The van der Waals surface area contributed by atoms with Gasteiger partial charge in [-0.2, -0.15) is 4.31 Å². The van der Waals surface area contributed by atoms with E-state index in [1.807, 2.05) is 18.2 Å². The zero-order valence-corrected chi connectivity index (χ0v) is 17.6. The van der Waals surface area contributed by atoms with Gasteiger partial charge in [0.15, 0.2) is 5.03 Å². The second-order valence-corrected chi connectivity index (χ2v) is 9.62. The molecule has 2 heterocycles. The maximum absolute atomic E-state index is 13.4. The van der Waals surface area contributed by atoms with Crippen molar-refractivity contribution in [2.45, 2.75) is 17.5 Å². The minimum atomic E-state index is -3.68. The molecule has 1 aromatic heterocycles. The Bertz CT molecular complexity index is 1080. The molecule has 1 N–H and O–H groups in total. The van der Waals surface area contributed by atoms with Gasteiger partial charge in [0, 0.05) is 45.3 Å². The SMILES string of the molecule is Cn1cnc(S(=O)(=O)N2CC(CNCc3ccccc3)C(c3ccc(F)cc3)C2)c1. The number of halogens is 1. The number of nitrogens with zero attached hydrogens (tertiary/aromatic N) is 3. The van der Waals surface area contributed by atoms with Crippen LogP contribution >= 0.6 is 0 Å². The lowest BCUT2D eigenvalue weighted by Crippen LogP contribution is -2.31. The predicted molar refractivity (Wildman–Crippen MR) is 113 cm³/mol. The average Bonchev–Trinajstić information content (AvgIpc) is 3.37. The van der Waals surface area contributed by atoms with E-state index in [2.05, 4.69) is 22.4 Å². The molecule has 1 aliphatic heterocycles. The van der Waals surface area contributed by atoms with Gasteiger partial charge in [-0.1, -0.05) is 42.5 Å². The van der Waals surface area contributed by atoms with Crippen molar-refractivity contribution in [1.82, 2.24) is 19.2 Å². The van der Waals surface area contributed by atoms with Crippen LogP contribution in [0.2, 0.25) is 0 Å². The topological polar surface area (TPSA) is 67.2 Å². The fraction of sp³-hybridized carbons (Fsp3) is 0.318. The van der Waals surface area contributed by atoms with E-state index in [0.717, 1.165) is 5.56 Å². The molecule has 3 aromatic rings. The molecule has 4 rings (SSSR count). The molecule has 158 valence electrons. The number of imidazole rings is 1. The first-order chi connectivity index (χ1) is 14.4. The summed E-state index contributed by atoms with van der Waals surface area (Å²) in [5, 5.41) is 3.51. The Morgan fingerprint density at radius 1 is 1.10 bits per heavy atom. The second-order valence-electron chi connectivity index (χ2n) is 7.73. The summed E-state index contributed by atoms with van der Waals surface area (Å²) in [5.74, 6) is -0.251. The van der Waals surface area contributed by atoms with Gasteiger partial charge in [0.2, 0.25) is 0 Å². The van der Waals surface area contributed by atoms with Crippen molar-refractivity contribution in [1.29, 1.82) is 0 Å². The Balaban J connectivity index is 1.53. The third kappa shape index (κ3) is 4.45. The first kappa shape index (κ1) is 20.7. The largest absolute Gasteiger partial charge is 0.339 e. The standard InChI is InChI=1S/C22H25FN4O2S/c1-26-15-22(25-16-26)30(28,29)27-13-19(12-24-11-17-5-3-2-4-6-17)21(14-27)18-7-9-20(23)10-8-18/h2-10,15-16,19,21,24H,11-14H2,1H3. The lowest BCUT2D eigenvalue weighted by atomic mass is 9.89. The van der Waals surface area contributed by atoms with Crippen LogP contribution in [0.4, 0.5) is 4.39 Å². The Kier molecular flexibility index (Phi) is 5.99. The fourth-order valence-corrected chi connectivity index (χ4v) is 5.46. The minimum Gasteiger partial charge on any atom is -0.339 e. The summed E-state index contributed by atoms with van der Waals surface area (Å²) in [6.07, 6.45) is 3.00. The first-order valence-electron chi connectivity index (χ1n) is 9.92.